The second kappa shape index (κ2) is 5.76. The number of carbonyl (C=O) groups excluding carboxylic acids is 1. The molecule has 0 bridgehead atoms. The van der Waals surface area contributed by atoms with Crippen LogP contribution in [0.5, 0.6) is 5.75 Å². The Balaban J connectivity index is 1.96. The Kier molecular flexibility index (Phi) is 3.98. The first-order chi connectivity index (χ1) is 10.0. The quantitative estimate of drug-likeness (QED) is 0.807. The lowest BCUT2D eigenvalue weighted by molar-refractivity contribution is -0.118. The number of alkyl halides is 1. The number of ether oxygens (including phenoxy) is 1. The van der Waals surface area contributed by atoms with Gasteiger partial charge in [-0.2, -0.15) is 0 Å². The third-order valence-corrected chi connectivity index (χ3v) is 4.05. The minimum absolute atomic E-state index is 0.0283. The number of nitrogens with one attached hydrogen (secondary N) is 1. The topological polar surface area (TPSA) is 38.3 Å². The van der Waals surface area contributed by atoms with E-state index in [0.717, 1.165) is 11.1 Å². The van der Waals surface area contributed by atoms with Gasteiger partial charge in [-0.25, -0.2) is 0 Å². The fourth-order valence-electron chi connectivity index (χ4n) is 2.17. The Morgan fingerprint density at radius 1 is 1.05 bits per heavy atom. The molecule has 108 valence electrons. The van der Waals surface area contributed by atoms with E-state index in [-0.39, 0.29) is 12.5 Å². The van der Waals surface area contributed by atoms with Crippen LogP contribution in [-0.4, -0.2) is 12.5 Å². The van der Waals surface area contributed by atoms with E-state index in [9.17, 15) is 4.79 Å². The fourth-order valence-corrected chi connectivity index (χ4v) is 2.98. The molecule has 21 heavy (non-hydrogen) atoms. The third kappa shape index (κ3) is 3.10. The normalized spacial score (nSPS) is 14.9. The average molecular weight is 343 g/mol. The molecule has 3 rings (SSSR count). The third-order valence-electron chi connectivity index (χ3n) is 3.11. The van der Waals surface area contributed by atoms with Crippen molar-refractivity contribution < 1.29 is 9.53 Å². The van der Waals surface area contributed by atoms with Crippen molar-refractivity contribution in [2.45, 2.75) is 5.38 Å². The molecular weight excluding hydrogens is 333 g/mol. The molecule has 2 aromatic rings. The van der Waals surface area contributed by atoms with E-state index in [1.165, 1.54) is 0 Å². The number of rotatable bonds is 2. The summed E-state index contributed by atoms with van der Waals surface area (Å²) in [5.41, 5.74) is 2.22. The van der Waals surface area contributed by atoms with Crippen molar-refractivity contribution in [1.82, 2.24) is 0 Å². The van der Waals surface area contributed by atoms with Crippen LogP contribution >= 0.6 is 34.8 Å². The molecule has 3 nitrogen and oxygen atoms in total. The molecule has 1 aliphatic rings. The van der Waals surface area contributed by atoms with Gasteiger partial charge in [0.1, 0.15) is 5.75 Å². The van der Waals surface area contributed by atoms with Crippen molar-refractivity contribution in [3.63, 3.8) is 0 Å². The van der Waals surface area contributed by atoms with E-state index >= 15 is 0 Å². The van der Waals surface area contributed by atoms with E-state index in [1.807, 2.05) is 6.07 Å². The van der Waals surface area contributed by atoms with Crippen LogP contribution in [0.15, 0.2) is 36.4 Å². The molecule has 6 heteroatoms. The van der Waals surface area contributed by atoms with Gasteiger partial charge in [-0.15, -0.1) is 11.6 Å². The first-order valence-corrected chi connectivity index (χ1v) is 7.39. The Hall–Kier alpha value is -1.42. The maximum atomic E-state index is 11.4. The number of carbonyl (C=O) groups is 1. The fraction of sp³-hybridized carbons (Fsp3) is 0.133. The lowest BCUT2D eigenvalue weighted by atomic mass is 10.0. The molecule has 1 N–H and O–H groups in total. The van der Waals surface area contributed by atoms with Crippen LogP contribution in [0.1, 0.15) is 16.5 Å². The van der Waals surface area contributed by atoms with Crippen LogP contribution in [0.4, 0.5) is 5.69 Å². The smallest absolute Gasteiger partial charge is 0.262 e. The van der Waals surface area contributed by atoms with Crippen molar-refractivity contribution >= 4 is 46.4 Å². The van der Waals surface area contributed by atoms with Crippen molar-refractivity contribution in [2.24, 2.45) is 0 Å². The number of benzene rings is 2. The van der Waals surface area contributed by atoms with Gasteiger partial charge >= 0.3 is 0 Å². The van der Waals surface area contributed by atoms with Gasteiger partial charge in [-0.3, -0.25) is 4.79 Å². The first kappa shape index (κ1) is 14.5. The minimum Gasteiger partial charge on any atom is -0.482 e. The lowest BCUT2D eigenvalue weighted by Crippen LogP contribution is -2.25. The Morgan fingerprint density at radius 3 is 2.48 bits per heavy atom. The van der Waals surface area contributed by atoms with Crippen LogP contribution in [-0.2, 0) is 4.79 Å². The molecule has 1 heterocycles. The summed E-state index contributed by atoms with van der Waals surface area (Å²) in [7, 11) is 0. The summed E-state index contributed by atoms with van der Waals surface area (Å²) in [5, 5.41) is 3.38. The van der Waals surface area contributed by atoms with Gasteiger partial charge in [0, 0.05) is 10.0 Å². The number of halogens is 3. The summed E-state index contributed by atoms with van der Waals surface area (Å²) in [6.45, 7) is 0.0283. The van der Waals surface area contributed by atoms with Gasteiger partial charge in [-0.05, 0) is 41.5 Å². The van der Waals surface area contributed by atoms with Gasteiger partial charge in [0.05, 0.1) is 11.1 Å². The summed E-state index contributed by atoms with van der Waals surface area (Å²) in [6.07, 6.45) is 0. The number of fused-ring (bicyclic) bond motifs is 1. The molecule has 0 aliphatic carbocycles. The van der Waals surface area contributed by atoms with Gasteiger partial charge < -0.3 is 10.1 Å². The largest absolute Gasteiger partial charge is 0.482 e. The Labute approximate surface area is 136 Å². The standard InChI is InChI=1S/C15H10Cl3NO2/c16-10-3-9(4-11(17)6-10)15(18)8-1-2-13-12(5-8)19-14(20)7-21-13/h1-6,15H,7H2,(H,19,20). The highest BCUT2D eigenvalue weighted by atomic mass is 35.5. The SMILES string of the molecule is O=C1COc2ccc(C(Cl)c3cc(Cl)cc(Cl)c3)cc2N1. The highest BCUT2D eigenvalue weighted by molar-refractivity contribution is 6.35. The predicted octanol–water partition coefficient (Wildman–Crippen LogP) is 4.65. The van der Waals surface area contributed by atoms with Crippen molar-refractivity contribution in [3.8, 4) is 5.75 Å². The number of hydrogen-bond donors (Lipinski definition) is 1. The van der Waals surface area contributed by atoms with Crippen molar-refractivity contribution in [1.29, 1.82) is 0 Å². The van der Waals surface area contributed by atoms with Crippen molar-refractivity contribution in [3.05, 3.63) is 57.6 Å². The summed E-state index contributed by atoms with van der Waals surface area (Å²) < 4.78 is 5.32. The first-order valence-electron chi connectivity index (χ1n) is 6.19. The summed E-state index contributed by atoms with van der Waals surface area (Å²) in [4.78, 5) is 11.4. The monoisotopic (exact) mass is 341 g/mol. The van der Waals surface area contributed by atoms with Gasteiger partial charge in [0.25, 0.3) is 5.91 Å². The van der Waals surface area contributed by atoms with E-state index in [2.05, 4.69) is 5.32 Å². The second-order valence-corrected chi connectivity index (χ2v) is 5.97. The van der Waals surface area contributed by atoms with Gasteiger partial charge in [0.15, 0.2) is 6.61 Å². The predicted molar refractivity (Wildman–Crippen MR) is 84.7 cm³/mol. The summed E-state index contributed by atoms with van der Waals surface area (Å²) >= 11 is 18.5. The molecular formula is C15H10Cl3NO2. The average Bonchev–Trinajstić information content (AvgIpc) is 2.44. The lowest BCUT2D eigenvalue weighted by Gasteiger charge is -2.20. The van der Waals surface area contributed by atoms with E-state index in [4.69, 9.17) is 39.5 Å². The molecule has 0 radical (unpaired) electrons. The van der Waals surface area contributed by atoms with Gasteiger partial charge in [-0.1, -0.05) is 29.3 Å². The number of amides is 1. The molecule has 0 saturated heterocycles. The zero-order valence-corrected chi connectivity index (χ0v) is 13.0. The van der Waals surface area contributed by atoms with Crippen LogP contribution in [0.2, 0.25) is 10.0 Å². The van der Waals surface area contributed by atoms with Crippen LogP contribution in [0.25, 0.3) is 0 Å². The Bertz CT molecular complexity index is 698. The zero-order valence-electron chi connectivity index (χ0n) is 10.7. The second-order valence-electron chi connectivity index (χ2n) is 4.66. The molecule has 1 amide bonds. The van der Waals surface area contributed by atoms with E-state index in [1.54, 1.807) is 30.3 Å². The molecule has 1 unspecified atom stereocenters. The molecule has 0 fully saturated rings. The highest BCUT2D eigenvalue weighted by Crippen LogP contribution is 2.37. The molecule has 0 spiro atoms. The van der Waals surface area contributed by atoms with Crippen LogP contribution in [0, 0.1) is 0 Å². The summed E-state index contributed by atoms with van der Waals surface area (Å²) in [6, 6.07) is 10.6. The van der Waals surface area contributed by atoms with Gasteiger partial charge in [0.2, 0.25) is 0 Å². The zero-order chi connectivity index (χ0) is 15.0. The highest BCUT2D eigenvalue weighted by Gasteiger charge is 2.19. The molecule has 1 atom stereocenters. The Morgan fingerprint density at radius 2 is 1.76 bits per heavy atom. The summed E-state index contributed by atoms with van der Waals surface area (Å²) in [5.74, 6) is 0.447. The molecule has 1 aliphatic heterocycles. The van der Waals surface area contributed by atoms with Crippen molar-refractivity contribution in [2.75, 3.05) is 11.9 Å². The number of anilines is 1. The van der Waals surface area contributed by atoms with Crippen LogP contribution in [0.3, 0.4) is 0 Å². The maximum Gasteiger partial charge on any atom is 0.262 e. The maximum absolute atomic E-state index is 11.4. The number of hydrogen-bond acceptors (Lipinski definition) is 2. The minimum atomic E-state index is -0.426. The van der Waals surface area contributed by atoms with Crippen LogP contribution < -0.4 is 10.1 Å². The molecule has 2 aromatic carbocycles. The van der Waals surface area contributed by atoms with E-state index in [0.29, 0.717) is 21.5 Å². The van der Waals surface area contributed by atoms with E-state index < -0.39 is 5.38 Å². The molecule has 0 aromatic heterocycles. The molecule has 0 saturated carbocycles.